The first-order valence-corrected chi connectivity index (χ1v) is 6.38. The van der Waals surface area contributed by atoms with Gasteiger partial charge in [0.1, 0.15) is 0 Å². The van der Waals surface area contributed by atoms with E-state index in [4.69, 9.17) is 5.11 Å². The summed E-state index contributed by atoms with van der Waals surface area (Å²) >= 11 is 1.66. The Balaban J connectivity index is 2.03. The van der Waals surface area contributed by atoms with Crippen LogP contribution < -0.4 is 5.32 Å². The van der Waals surface area contributed by atoms with Crippen molar-refractivity contribution in [3.8, 4) is 0 Å². The van der Waals surface area contributed by atoms with Gasteiger partial charge >= 0.3 is 0 Å². The van der Waals surface area contributed by atoms with Crippen molar-refractivity contribution in [2.45, 2.75) is 25.8 Å². The van der Waals surface area contributed by atoms with Crippen molar-refractivity contribution in [1.29, 1.82) is 0 Å². The van der Waals surface area contributed by atoms with Crippen molar-refractivity contribution >= 4 is 27.2 Å². The third-order valence-corrected chi connectivity index (χ3v) is 3.33. The topological polar surface area (TPSA) is 45.1 Å². The van der Waals surface area contributed by atoms with Crippen molar-refractivity contribution in [2.75, 3.05) is 11.9 Å². The molecule has 0 saturated carbocycles. The lowest BCUT2D eigenvalue weighted by atomic mass is 10.2. The average molecular weight is 236 g/mol. The van der Waals surface area contributed by atoms with Gasteiger partial charge < -0.3 is 10.4 Å². The lowest BCUT2D eigenvalue weighted by Crippen LogP contribution is -2.15. The highest BCUT2D eigenvalue weighted by Gasteiger charge is 2.03. The summed E-state index contributed by atoms with van der Waals surface area (Å²) in [4.78, 5) is 4.25. The van der Waals surface area contributed by atoms with E-state index in [0.717, 1.165) is 24.0 Å². The molecule has 0 radical (unpaired) electrons. The number of hydrogen-bond donors (Lipinski definition) is 2. The zero-order chi connectivity index (χ0) is 11.4. The average Bonchev–Trinajstić information content (AvgIpc) is 2.73. The number of nitrogens with zero attached hydrogens (tertiary/aromatic N) is 1. The molecule has 16 heavy (non-hydrogen) atoms. The van der Waals surface area contributed by atoms with Crippen LogP contribution in [0.5, 0.6) is 0 Å². The molecule has 0 bridgehead atoms. The number of aromatic nitrogens is 1. The van der Waals surface area contributed by atoms with Gasteiger partial charge in [-0.3, -0.25) is 0 Å². The molecule has 3 nitrogen and oxygen atoms in total. The van der Waals surface area contributed by atoms with Crippen LogP contribution in [0, 0.1) is 0 Å². The molecule has 0 amide bonds. The molecule has 0 saturated heterocycles. The summed E-state index contributed by atoms with van der Waals surface area (Å²) in [5, 5.41) is 12.2. The largest absolute Gasteiger partial charge is 0.396 e. The highest BCUT2D eigenvalue weighted by Crippen LogP contribution is 2.22. The summed E-state index contributed by atoms with van der Waals surface area (Å²) in [6.07, 6.45) is 1.83. The number of anilines is 1. The van der Waals surface area contributed by atoms with Crippen molar-refractivity contribution in [3.05, 3.63) is 23.7 Å². The van der Waals surface area contributed by atoms with Crippen LogP contribution in [0.2, 0.25) is 0 Å². The Labute approximate surface area is 99.1 Å². The number of aliphatic hydroxyl groups is 1. The maximum absolute atomic E-state index is 8.76. The minimum absolute atomic E-state index is 0.264. The van der Waals surface area contributed by atoms with Gasteiger partial charge in [0.2, 0.25) is 0 Å². The third kappa shape index (κ3) is 2.71. The van der Waals surface area contributed by atoms with Crippen molar-refractivity contribution in [1.82, 2.24) is 4.98 Å². The summed E-state index contributed by atoms with van der Waals surface area (Å²) in [5.74, 6) is 0. The molecule has 1 unspecified atom stereocenters. The number of rotatable bonds is 5. The van der Waals surface area contributed by atoms with Crippen LogP contribution in [0.1, 0.15) is 19.8 Å². The van der Waals surface area contributed by atoms with Gasteiger partial charge in [0.05, 0.1) is 15.7 Å². The summed E-state index contributed by atoms with van der Waals surface area (Å²) in [6.45, 7) is 2.40. The number of hydrogen-bond acceptors (Lipinski definition) is 4. The van der Waals surface area contributed by atoms with Gasteiger partial charge in [-0.25, -0.2) is 4.98 Å². The second-order valence-corrected chi connectivity index (χ2v) is 4.83. The van der Waals surface area contributed by atoms with E-state index in [1.807, 2.05) is 11.6 Å². The number of fused-ring (bicyclic) bond motifs is 1. The summed E-state index contributed by atoms with van der Waals surface area (Å²) in [6, 6.07) is 6.60. The summed E-state index contributed by atoms with van der Waals surface area (Å²) in [5.41, 5.74) is 4.05. The molecule has 86 valence electrons. The number of benzene rings is 1. The Morgan fingerprint density at radius 2 is 2.38 bits per heavy atom. The zero-order valence-corrected chi connectivity index (χ0v) is 10.1. The molecular weight excluding hydrogens is 220 g/mol. The molecule has 1 atom stereocenters. The quantitative estimate of drug-likeness (QED) is 0.839. The van der Waals surface area contributed by atoms with Crippen molar-refractivity contribution in [3.63, 3.8) is 0 Å². The Kier molecular flexibility index (Phi) is 3.74. The second kappa shape index (κ2) is 5.27. The van der Waals surface area contributed by atoms with Crippen LogP contribution in [-0.2, 0) is 0 Å². The van der Waals surface area contributed by atoms with Crippen LogP contribution in [0.3, 0.4) is 0 Å². The van der Waals surface area contributed by atoms with E-state index in [1.54, 1.807) is 11.3 Å². The van der Waals surface area contributed by atoms with Gasteiger partial charge in [0.15, 0.2) is 0 Å². The predicted molar refractivity (Wildman–Crippen MR) is 69.0 cm³/mol. The number of aliphatic hydroxyl groups excluding tert-OH is 1. The highest BCUT2D eigenvalue weighted by molar-refractivity contribution is 7.16. The molecule has 2 rings (SSSR count). The van der Waals surface area contributed by atoms with E-state index in [-0.39, 0.29) is 6.61 Å². The predicted octanol–water partition coefficient (Wildman–Crippen LogP) is 2.87. The summed E-state index contributed by atoms with van der Waals surface area (Å²) < 4.78 is 1.21. The molecule has 1 aromatic carbocycles. The number of nitrogens with one attached hydrogen (secondary N) is 1. The van der Waals surface area contributed by atoms with E-state index in [9.17, 15) is 0 Å². The van der Waals surface area contributed by atoms with Gasteiger partial charge in [-0.1, -0.05) is 0 Å². The van der Waals surface area contributed by atoms with Gasteiger partial charge in [-0.15, -0.1) is 11.3 Å². The smallest absolute Gasteiger partial charge is 0.0813 e. The van der Waals surface area contributed by atoms with Crippen LogP contribution in [0.15, 0.2) is 23.7 Å². The lowest BCUT2D eigenvalue weighted by Gasteiger charge is -2.14. The third-order valence-electron chi connectivity index (χ3n) is 2.54. The second-order valence-electron chi connectivity index (χ2n) is 3.95. The van der Waals surface area contributed by atoms with E-state index in [2.05, 4.69) is 29.4 Å². The first kappa shape index (κ1) is 11.4. The Hall–Kier alpha value is -1.13. The van der Waals surface area contributed by atoms with E-state index in [1.165, 1.54) is 4.70 Å². The van der Waals surface area contributed by atoms with Crippen LogP contribution in [-0.4, -0.2) is 22.7 Å². The fourth-order valence-corrected chi connectivity index (χ4v) is 2.42. The van der Waals surface area contributed by atoms with Crippen molar-refractivity contribution in [2.24, 2.45) is 0 Å². The fourth-order valence-electron chi connectivity index (χ4n) is 1.70. The molecule has 2 N–H and O–H groups in total. The molecule has 1 heterocycles. The SMILES string of the molecule is CC(CCCO)Nc1ccc2ncsc2c1. The van der Waals surface area contributed by atoms with Crippen LogP contribution >= 0.6 is 11.3 Å². The highest BCUT2D eigenvalue weighted by atomic mass is 32.1. The van der Waals surface area contributed by atoms with Crippen molar-refractivity contribution < 1.29 is 5.11 Å². The summed E-state index contributed by atoms with van der Waals surface area (Å²) in [7, 11) is 0. The minimum atomic E-state index is 0.264. The molecule has 2 aromatic rings. The van der Waals surface area contributed by atoms with E-state index >= 15 is 0 Å². The monoisotopic (exact) mass is 236 g/mol. The van der Waals surface area contributed by atoms with E-state index < -0.39 is 0 Å². The fraction of sp³-hybridized carbons (Fsp3) is 0.417. The molecule has 4 heteroatoms. The minimum Gasteiger partial charge on any atom is -0.396 e. The van der Waals surface area contributed by atoms with Gasteiger partial charge in [-0.05, 0) is 38.0 Å². The molecule has 0 fully saturated rings. The maximum Gasteiger partial charge on any atom is 0.0813 e. The molecule has 0 aliphatic carbocycles. The zero-order valence-electron chi connectivity index (χ0n) is 9.31. The Morgan fingerprint density at radius 1 is 1.50 bits per heavy atom. The first-order chi connectivity index (χ1) is 7.79. The molecule has 0 aliphatic heterocycles. The molecule has 1 aromatic heterocycles. The number of thiazole rings is 1. The normalized spacial score (nSPS) is 12.9. The maximum atomic E-state index is 8.76. The van der Waals surface area contributed by atoms with Gasteiger partial charge in [0, 0.05) is 18.3 Å². The van der Waals surface area contributed by atoms with Gasteiger partial charge in [0.25, 0.3) is 0 Å². The van der Waals surface area contributed by atoms with Crippen LogP contribution in [0.4, 0.5) is 5.69 Å². The molecule has 0 spiro atoms. The first-order valence-electron chi connectivity index (χ1n) is 5.50. The van der Waals surface area contributed by atoms with Crippen LogP contribution in [0.25, 0.3) is 10.2 Å². The Bertz CT molecular complexity index is 455. The molecular formula is C12H16N2OS. The Morgan fingerprint density at radius 3 is 3.19 bits per heavy atom. The lowest BCUT2D eigenvalue weighted by molar-refractivity contribution is 0.282. The molecule has 0 aliphatic rings. The van der Waals surface area contributed by atoms with Gasteiger partial charge in [-0.2, -0.15) is 0 Å². The standard InChI is InChI=1S/C12H16N2OS/c1-9(3-2-6-15)14-10-4-5-11-12(7-10)16-8-13-11/h4-5,7-9,14-15H,2-3,6H2,1H3. The van der Waals surface area contributed by atoms with E-state index in [0.29, 0.717) is 6.04 Å².